The quantitative estimate of drug-likeness (QED) is 0.248. The Bertz CT molecular complexity index is 1780. The lowest BCUT2D eigenvalue weighted by atomic mass is 9.82. The zero-order chi connectivity index (χ0) is 25.9. The van der Waals surface area contributed by atoms with Crippen LogP contribution in [0.2, 0.25) is 0 Å². The molecule has 3 aromatic heterocycles. The Morgan fingerprint density at radius 2 is 1.57 bits per heavy atom. The third kappa shape index (κ3) is 4.13. The molecule has 0 amide bonds. The van der Waals surface area contributed by atoms with E-state index >= 15 is 0 Å². The molecule has 0 N–H and O–H groups in total. The van der Waals surface area contributed by atoms with Crippen molar-refractivity contribution >= 4 is 32.7 Å². The summed E-state index contributed by atoms with van der Waals surface area (Å²) in [5, 5.41) is 4.69. The minimum Gasteiger partial charge on any atom is -0.461 e. The molecule has 3 nitrogen and oxygen atoms in total. The predicted octanol–water partition coefficient (Wildman–Crippen LogP) is 9.87. The fourth-order valence-electron chi connectivity index (χ4n) is 5.39. The number of pyridine rings is 1. The second-order valence-electron chi connectivity index (χ2n) is 11.6. The van der Waals surface area contributed by atoms with Crippen LogP contribution in [-0.4, -0.2) is 4.98 Å². The van der Waals surface area contributed by atoms with Gasteiger partial charge >= 0.3 is 0 Å². The van der Waals surface area contributed by atoms with E-state index in [1.54, 1.807) is 0 Å². The van der Waals surface area contributed by atoms with Crippen LogP contribution in [0.3, 0.4) is 0 Å². The lowest BCUT2D eigenvalue weighted by Gasteiger charge is -2.22. The Morgan fingerprint density at radius 1 is 0.784 bits per heavy atom. The average molecular weight is 488 g/mol. The molecule has 0 fully saturated rings. The van der Waals surface area contributed by atoms with E-state index in [0.717, 1.165) is 56.7 Å². The molecular formula is C34H33NO2. The number of nitrogens with zero attached hydrogens (tertiary/aromatic N) is 1. The second-order valence-corrected chi connectivity index (χ2v) is 11.6. The van der Waals surface area contributed by atoms with E-state index in [1.807, 2.05) is 12.3 Å². The number of aryl methyl sites for hydroxylation is 1. The highest BCUT2D eigenvalue weighted by atomic mass is 16.3. The van der Waals surface area contributed by atoms with Crippen molar-refractivity contribution in [3.8, 4) is 22.6 Å². The average Bonchev–Trinajstić information content (AvgIpc) is 3.43. The van der Waals surface area contributed by atoms with Gasteiger partial charge < -0.3 is 8.83 Å². The molecule has 3 heterocycles. The number of furan rings is 2. The minimum atomic E-state index is 0.0113. The fourth-order valence-corrected chi connectivity index (χ4v) is 5.39. The van der Waals surface area contributed by atoms with Crippen molar-refractivity contribution in [1.29, 1.82) is 0 Å². The van der Waals surface area contributed by atoms with E-state index in [1.165, 1.54) is 21.9 Å². The monoisotopic (exact) mass is 487 g/mol. The molecule has 6 aromatic rings. The van der Waals surface area contributed by atoms with Crippen molar-refractivity contribution in [2.24, 2.45) is 5.92 Å². The minimum absolute atomic E-state index is 0.0113. The van der Waals surface area contributed by atoms with Crippen LogP contribution in [0.25, 0.3) is 55.3 Å². The van der Waals surface area contributed by atoms with Gasteiger partial charge in [-0.1, -0.05) is 58.9 Å². The molecule has 0 aliphatic heterocycles. The van der Waals surface area contributed by atoms with Gasteiger partial charge in [0.2, 0.25) is 0 Å². The first-order valence-corrected chi connectivity index (χ1v) is 13.1. The van der Waals surface area contributed by atoms with Crippen molar-refractivity contribution in [1.82, 2.24) is 4.98 Å². The molecule has 0 bridgehead atoms. The molecule has 0 aliphatic carbocycles. The molecule has 6 rings (SSSR count). The summed E-state index contributed by atoms with van der Waals surface area (Å²) in [6, 6.07) is 23.6. The molecule has 0 spiro atoms. The van der Waals surface area contributed by atoms with Crippen LogP contribution in [0.5, 0.6) is 0 Å². The van der Waals surface area contributed by atoms with Crippen molar-refractivity contribution in [3.05, 3.63) is 89.8 Å². The number of hydrogen-bond acceptors (Lipinski definition) is 3. The van der Waals surface area contributed by atoms with Crippen LogP contribution in [-0.2, 0) is 11.8 Å². The Balaban J connectivity index is 1.49. The van der Waals surface area contributed by atoms with E-state index in [-0.39, 0.29) is 5.41 Å². The highest BCUT2D eigenvalue weighted by Crippen LogP contribution is 2.39. The first-order chi connectivity index (χ1) is 17.7. The maximum Gasteiger partial charge on any atom is 0.138 e. The lowest BCUT2D eigenvalue weighted by molar-refractivity contribution is 0.496. The molecule has 0 radical (unpaired) electrons. The maximum atomic E-state index is 6.39. The fraction of sp³-hybridized carbons (Fsp3) is 0.265. The van der Waals surface area contributed by atoms with Crippen LogP contribution >= 0.6 is 0 Å². The number of hydrogen-bond donors (Lipinski definition) is 0. The Hall–Kier alpha value is -3.85. The van der Waals surface area contributed by atoms with Gasteiger partial charge in [0.15, 0.2) is 0 Å². The molecule has 3 heteroatoms. The first-order valence-electron chi connectivity index (χ1n) is 13.1. The summed E-state index contributed by atoms with van der Waals surface area (Å²) in [6.07, 6.45) is 2.79. The Morgan fingerprint density at radius 3 is 2.35 bits per heavy atom. The second kappa shape index (κ2) is 8.62. The lowest BCUT2D eigenvalue weighted by Crippen LogP contribution is -2.12. The van der Waals surface area contributed by atoms with Gasteiger partial charge in [-0.25, -0.2) is 0 Å². The molecule has 0 saturated heterocycles. The summed E-state index contributed by atoms with van der Waals surface area (Å²) in [5.74, 6) is 2.46. The zero-order valence-electron chi connectivity index (χ0n) is 22.5. The highest BCUT2D eigenvalue weighted by molar-refractivity contribution is 5.99. The Labute approximate surface area is 218 Å². The predicted molar refractivity (Wildman–Crippen MR) is 154 cm³/mol. The smallest absolute Gasteiger partial charge is 0.138 e. The van der Waals surface area contributed by atoms with Crippen LogP contribution < -0.4 is 0 Å². The summed E-state index contributed by atoms with van der Waals surface area (Å²) >= 11 is 0. The van der Waals surface area contributed by atoms with Crippen LogP contribution in [0.4, 0.5) is 0 Å². The molecule has 0 unspecified atom stereocenters. The van der Waals surface area contributed by atoms with Gasteiger partial charge in [0.1, 0.15) is 22.7 Å². The zero-order valence-corrected chi connectivity index (χ0v) is 22.5. The molecular weight excluding hydrogens is 454 g/mol. The molecule has 0 saturated carbocycles. The van der Waals surface area contributed by atoms with Gasteiger partial charge in [-0.3, -0.25) is 4.98 Å². The van der Waals surface area contributed by atoms with Gasteiger partial charge in [0.05, 0.1) is 5.69 Å². The standard InChI is InChI=1S/C34H33NO2/c1-20(2)15-31-21(3)26-17-23(11-12-29(26)36-31)32-19-27-30(37-32)13-14-35-33(27)24-16-22-9-7-8-10-25(22)28(18-24)34(4,5)6/h7-14,16-20H,15H2,1-6H3. The van der Waals surface area contributed by atoms with Crippen LogP contribution in [0, 0.1) is 12.8 Å². The van der Waals surface area contributed by atoms with Gasteiger partial charge in [-0.2, -0.15) is 0 Å². The van der Waals surface area contributed by atoms with E-state index in [0.29, 0.717) is 5.92 Å². The van der Waals surface area contributed by atoms with Crippen molar-refractivity contribution in [2.75, 3.05) is 0 Å². The molecule has 37 heavy (non-hydrogen) atoms. The van der Waals surface area contributed by atoms with Gasteiger partial charge in [0, 0.05) is 34.5 Å². The van der Waals surface area contributed by atoms with E-state index in [9.17, 15) is 0 Å². The van der Waals surface area contributed by atoms with Crippen molar-refractivity contribution < 1.29 is 8.83 Å². The largest absolute Gasteiger partial charge is 0.461 e. The van der Waals surface area contributed by atoms with Crippen LogP contribution in [0.15, 0.2) is 81.8 Å². The molecule has 186 valence electrons. The number of fused-ring (bicyclic) bond motifs is 3. The van der Waals surface area contributed by atoms with Gasteiger partial charge in [-0.05, 0) is 82.6 Å². The van der Waals surface area contributed by atoms with Crippen molar-refractivity contribution in [2.45, 2.75) is 53.4 Å². The van der Waals surface area contributed by atoms with E-state index in [4.69, 9.17) is 13.8 Å². The summed E-state index contributed by atoms with van der Waals surface area (Å²) < 4.78 is 12.6. The van der Waals surface area contributed by atoms with Crippen molar-refractivity contribution in [3.63, 3.8) is 0 Å². The van der Waals surface area contributed by atoms with Gasteiger partial charge in [0.25, 0.3) is 0 Å². The van der Waals surface area contributed by atoms with Gasteiger partial charge in [-0.15, -0.1) is 0 Å². The highest BCUT2D eigenvalue weighted by Gasteiger charge is 2.20. The molecule has 3 aromatic carbocycles. The third-order valence-electron chi connectivity index (χ3n) is 7.30. The first kappa shape index (κ1) is 23.5. The summed E-state index contributed by atoms with van der Waals surface area (Å²) in [7, 11) is 0. The molecule has 0 atom stereocenters. The summed E-state index contributed by atoms with van der Waals surface area (Å²) in [5.41, 5.74) is 7.43. The number of rotatable bonds is 4. The number of benzene rings is 3. The summed E-state index contributed by atoms with van der Waals surface area (Å²) in [6.45, 7) is 13.4. The number of aromatic nitrogens is 1. The third-order valence-corrected chi connectivity index (χ3v) is 7.30. The summed E-state index contributed by atoms with van der Waals surface area (Å²) in [4.78, 5) is 4.83. The van der Waals surface area contributed by atoms with E-state index < -0.39 is 0 Å². The SMILES string of the molecule is Cc1c(CC(C)C)oc2ccc(-c3cc4c(-c5cc(C(C)(C)C)c6ccccc6c5)nccc4o3)cc12. The van der Waals surface area contributed by atoms with Crippen LogP contribution in [0.1, 0.15) is 51.5 Å². The molecule has 0 aliphatic rings. The topological polar surface area (TPSA) is 39.2 Å². The Kier molecular flexibility index (Phi) is 5.49. The normalized spacial score (nSPS) is 12.4. The van der Waals surface area contributed by atoms with E-state index in [2.05, 4.69) is 102 Å². The maximum absolute atomic E-state index is 6.39.